The van der Waals surface area contributed by atoms with Crippen molar-refractivity contribution in [1.82, 2.24) is 10.2 Å². The van der Waals surface area contributed by atoms with Crippen LogP contribution < -0.4 is 10.1 Å². The number of fused-ring (bicyclic) bond motifs is 1. The number of ether oxygens (including phenoxy) is 1. The third-order valence-electron chi connectivity index (χ3n) is 6.05. The smallest absolute Gasteiger partial charge is 0.254 e. The van der Waals surface area contributed by atoms with Crippen LogP contribution in [0.2, 0.25) is 0 Å². The van der Waals surface area contributed by atoms with Gasteiger partial charge in [0.2, 0.25) is 5.91 Å². The minimum Gasteiger partial charge on any atom is -0.497 e. The van der Waals surface area contributed by atoms with Crippen LogP contribution in [0.5, 0.6) is 5.75 Å². The molecular weight excluding hydrogens is 392 g/mol. The van der Waals surface area contributed by atoms with E-state index >= 15 is 0 Å². The largest absolute Gasteiger partial charge is 0.497 e. The average Bonchev–Trinajstić information content (AvgIpc) is 3.51. The lowest BCUT2D eigenvalue weighted by atomic mass is 9.79. The second-order valence-corrected chi connectivity index (χ2v) is 8.03. The molecule has 1 N–H and O–H groups in total. The molecule has 6 heteroatoms. The molecule has 5 rings (SSSR count). The lowest BCUT2D eigenvalue weighted by Gasteiger charge is -2.42. The van der Waals surface area contributed by atoms with Gasteiger partial charge in [-0.05, 0) is 54.3 Å². The summed E-state index contributed by atoms with van der Waals surface area (Å²) < 4.78 is 10.8. The quantitative estimate of drug-likeness (QED) is 0.658. The van der Waals surface area contributed by atoms with Gasteiger partial charge >= 0.3 is 0 Å². The Morgan fingerprint density at radius 2 is 1.97 bits per heavy atom. The number of carbonyl (C=O) groups is 2. The van der Waals surface area contributed by atoms with Gasteiger partial charge in [0.05, 0.1) is 31.9 Å². The van der Waals surface area contributed by atoms with Crippen LogP contribution in [-0.4, -0.2) is 29.9 Å². The maximum absolute atomic E-state index is 13.6. The molecule has 2 aliphatic rings. The van der Waals surface area contributed by atoms with E-state index in [1.54, 1.807) is 19.4 Å². The number of furan rings is 1. The van der Waals surface area contributed by atoms with E-state index in [9.17, 15) is 9.59 Å². The van der Waals surface area contributed by atoms with E-state index in [2.05, 4.69) is 5.32 Å². The number of carbonyl (C=O) groups excluding carboxylic acids is 2. The summed E-state index contributed by atoms with van der Waals surface area (Å²) in [4.78, 5) is 29.0. The van der Waals surface area contributed by atoms with Gasteiger partial charge in [-0.25, -0.2) is 0 Å². The van der Waals surface area contributed by atoms with Crippen molar-refractivity contribution in [2.45, 2.75) is 37.4 Å². The maximum Gasteiger partial charge on any atom is 0.254 e. The Hall–Kier alpha value is -3.54. The highest BCUT2D eigenvalue weighted by molar-refractivity contribution is 6.01. The van der Waals surface area contributed by atoms with E-state index in [0.29, 0.717) is 23.6 Å². The number of hydrogen-bond donors (Lipinski definition) is 1. The Balaban J connectivity index is 1.59. The topological polar surface area (TPSA) is 71.8 Å². The third kappa shape index (κ3) is 3.58. The number of hydrogen-bond acceptors (Lipinski definition) is 4. The highest BCUT2D eigenvalue weighted by Gasteiger charge is 2.49. The highest BCUT2D eigenvalue weighted by Crippen LogP contribution is 2.48. The second-order valence-electron chi connectivity index (χ2n) is 8.03. The lowest BCUT2D eigenvalue weighted by molar-refractivity contribution is -0.124. The Bertz CT molecular complexity index is 1100. The first-order valence-corrected chi connectivity index (χ1v) is 10.5. The maximum atomic E-state index is 13.6. The van der Waals surface area contributed by atoms with Crippen molar-refractivity contribution in [3.8, 4) is 5.75 Å². The second kappa shape index (κ2) is 7.95. The van der Waals surface area contributed by atoms with Gasteiger partial charge in [-0.15, -0.1) is 0 Å². The summed E-state index contributed by atoms with van der Waals surface area (Å²) in [5, 5.41) is 3.02. The summed E-state index contributed by atoms with van der Waals surface area (Å²) in [7, 11) is 1.62. The molecule has 158 valence electrons. The van der Waals surface area contributed by atoms with E-state index in [1.165, 1.54) is 0 Å². The van der Waals surface area contributed by atoms with Crippen molar-refractivity contribution in [3.63, 3.8) is 0 Å². The molecule has 0 unspecified atom stereocenters. The van der Waals surface area contributed by atoms with E-state index < -0.39 is 12.0 Å². The Morgan fingerprint density at radius 3 is 2.71 bits per heavy atom. The number of nitrogens with zero attached hydrogens (tertiary/aromatic N) is 1. The fourth-order valence-electron chi connectivity index (χ4n) is 4.47. The van der Waals surface area contributed by atoms with Crippen LogP contribution in [0.3, 0.4) is 0 Å². The van der Waals surface area contributed by atoms with Crippen molar-refractivity contribution in [1.29, 1.82) is 0 Å². The van der Waals surface area contributed by atoms with Crippen molar-refractivity contribution in [2.24, 2.45) is 0 Å². The van der Waals surface area contributed by atoms with Gasteiger partial charge in [0.15, 0.2) is 0 Å². The number of rotatable bonds is 6. The SMILES string of the molecule is COc1cccc([C@H]2[C@@H](C(=O)NCc3ccco3)c3ccccc3C(=O)N2C2CC2)c1. The summed E-state index contributed by atoms with van der Waals surface area (Å²) in [6.45, 7) is 0.298. The number of methoxy groups -OCH3 is 1. The standard InChI is InChI=1S/C25H24N2O4/c1-30-18-7-4-6-16(14-18)23-22(24(28)26-15-19-8-5-13-31-19)20-9-2-3-10-21(20)25(29)27(23)17-11-12-17/h2-10,13-14,17,22-23H,11-12,15H2,1H3,(H,26,28)/t22-,23-/m0/s1. The molecule has 6 nitrogen and oxygen atoms in total. The van der Waals surface area contributed by atoms with Gasteiger partial charge < -0.3 is 19.4 Å². The molecule has 2 aromatic carbocycles. The van der Waals surface area contributed by atoms with Crippen molar-refractivity contribution in [3.05, 3.63) is 89.4 Å². The molecule has 2 atom stereocenters. The Morgan fingerprint density at radius 1 is 1.13 bits per heavy atom. The zero-order chi connectivity index (χ0) is 21.4. The van der Waals surface area contributed by atoms with Gasteiger partial charge in [-0.3, -0.25) is 9.59 Å². The number of nitrogens with one attached hydrogen (secondary N) is 1. The minimum atomic E-state index is -0.531. The fraction of sp³-hybridized carbons (Fsp3) is 0.280. The first-order valence-electron chi connectivity index (χ1n) is 10.5. The fourth-order valence-corrected chi connectivity index (χ4v) is 4.47. The molecule has 3 aromatic rings. The van der Waals surface area contributed by atoms with Gasteiger partial charge in [0, 0.05) is 11.6 Å². The molecule has 1 fully saturated rings. The molecule has 1 aliphatic carbocycles. The molecule has 2 heterocycles. The van der Waals surface area contributed by atoms with Gasteiger partial charge in [0.25, 0.3) is 5.91 Å². The van der Waals surface area contributed by atoms with Gasteiger partial charge in [-0.2, -0.15) is 0 Å². The van der Waals surface area contributed by atoms with Crippen molar-refractivity contribution < 1.29 is 18.7 Å². The molecule has 0 bridgehead atoms. The molecule has 0 spiro atoms. The molecule has 1 saturated carbocycles. The van der Waals surface area contributed by atoms with E-state index in [4.69, 9.17) is 9.15 Å². The molecule has 1 aliphatic heterocycles. The Labute approximate surface area is 180 Å². The third-order valence-corrected chi connectivity index (χ3v) is 6.05. The predicted octanol–water partition coefficient (Wildman–Crippen LogP) is 4.05. The summed E-state index contributed by atoms with van der Waals surface area (Å²) >= 11 is 0. The summed E-state index contributed by atoms with van der Waals surface area (Å²) in [6.07, 6.45) is 3.49. The van der Waals surface area contributed by atoms with Crippen LogP contribution in [0, 0.1) is 0 Å². The zero-order valence-corrected chi connectivity index (χ0v) is 17.3. The van der Waals surface area contributed by atoms with Crippen LogP contribution in [0.4, 0.5) is 0 Å². The monoisotopic (exact) mass is 416 g/mol. The van der Waals surface area contributed by atoms with Gasteiger partial charge in [0.1, 0.15) is 11.5 Å². The number of benzene rings is 2. The summed E-state index contributed by atoms with van der Waals surface area (Å²) in [6, 6.07) is 18.5. The first-order chi connectivity index (χ1) is 15.2. The minimum absolute atomic E-state index is 0.0130. The van der Waals surface area contributed by atoms with E-state index in [1.807, 2.05) is 59.5 Å². The normalized spacial score (nSPS) is 20.3. The molecule has 2 amide bonds. The zero-order valence-electron chi connectivity index (χ0n) is 17.3. The Kier molecular flexibility index (Phi) is 4.98. The van der Waals surface area contributed by atoms with Crippen LogP contribution in [0.1, 0.15) is 52.0 Å². The van der Waals surface area contributed by atoms with Crippen LogP contribution >= 0.6 is 0 Å². The molecule has 0 saturated heterocycles. The van der Waals surface area contributed by atoms with E-state index in [-0.39, 0.29) is 17.9 Å². The predicted molar refractivity (Wildman–Crippen MR) is 115 cm³/mol. The number of amides is 2. The molecule has 0 radical (unpaired) electrons. The van der Waals surface area contributed by atoms with Crippen LogP contribution in [-0.2, 0) is 11.3 Å². The van der Waals surface area contributed by atoms with Gasteiger partial charge in [-0.1, -0.05) is 30.3 Å². The summed E-state index contributed by atoms with van der Waals surface area (Å²) in [5.41, 5.74) is 2.26. The van der Waals surface area contributed by atoms with Crippen molar-refractivity contribution >= 4 is 11.8 Å². The first kappa shape index (κ1) is 19.4. The molecular formula is C25H24N2O4. The van der Waals surface area contributed by atoms with E-state index in [0.717, 1.165) is 24.0 Å². The van der Waals surface area contributed by atoms with Crippen LogP contribution in [0.15, 0.2) is 71.3 Å². The molecule has 31 heavy (non-hydrogen) atoms. The summed E-state index contributed by atoms with van der Waals surface area (Å²) in [5.74, 6) is 0.715. The van der Waals surface area contributed by atoms with Crippen LogP contribution in [0.25, 0.3) is 0 Å². The van der Waals surface area contributed by atoms with Crippen molar-refractivity contribution in [2.75, 3.05) is 7.11 Å². The molecule has 1 aromatic heterocycles. The highest BCUT2D eigenvalue weighted by atomic mass is 16.5. The lowest BCUT2D eigenvalue weighted by Crippen LogP contribution is -2.48. The average molecular weight is 416 g/mol.